The van der Waals surface area contributed by atoms with Crippen LogP contribution in [0.15, 0.2) is 18.3 Å². The predicted octanol–water partition coefficient (Wildman–Crippen LogP) is 1.99. The van der Waals surface area contributed by atoms with Crippen LogP contribution in [0.1, 0.15) is 40.3 Å². The Morgan fingerprint density at radius 3 is 2.39 bits per heavy atom. The summed E-state index contributed by atoms with van der Waals surface area (Å²) in [6, 6.07) is 3.27. The van der Waals surface area contributed by atoms with Crippen LogP contribution >= 0.6 is 0 Å². The van der Waals surface area contributed by atoms with Crippen LogP contribution in [0.5, 0.6) is 0 Å². The zero-order chi connectivity index (χ0) is 21.3. The quantitative estimate of drug-likeness (QED) is 0.615. The van der Waals surface area contributed by atoms with E-state index in [1.807, 2.05) is 43.8 Å². The first-order chi connectivity index (χ1) is 13.1. The van der Waals surface area contributed by atoms with Crippen molar-refractivity contribution in [1.29, 1.82) is 0 Å². The minimum absolute atomic E-state index is 0.0521. The van der Waals surface area contributed by atoms with Gasteiger partial charge in [-0.2, -0.15) is 0 Å². The third-order valence-electron chi connectivity index (χ3n) is 4.22. The lowest BCUT2D eigenvalue weighted by Crippen LogP contribution is -2.50. The molecule has 0 saturated heterocycles. The Hall–Kier alpha value is -2.51. The second kappa shape index (κ2) is 11.4. The highest BCUT2D eigenvalue weighted by Gasteiger charge is 2.24. The van der Waals surface area contributed by atoms with E-state index in [9.17, 15) is 14.4 Å². The van der Waals surface area contributed by atoms with Gasteiger partial charge in [0.15, 0.2) is 0 Å². The number of amides is 3. The van der Waals surface area contributed by atoms with Gasteiger partial charge in [0.2, 0.25) is 5.91 Å². The van der Waals surface area contributed by atoms with Crippen LogP contribution in [0.4, 0.5) is 4.79 Å². The van der Waals surface area contributed by atoms with Crippen LogP contribution in [0.3, 0.4) is 0 Å². The van der Waals surface area contributed by atoms with E-state index in [4.69, 9.17) is 4.74 Å². The van der Waals surface area contributed by atoms with E-state index in [-0.39, 0.29) is 31.6 Å². The van der Waals surface area contributed by atoms with Crippen LogP contribution in [0.25, 0.3) is 0 Å². The number of carbonyl (C=O) groups excluding carboxylic acids is 3. The van der Waals surface area contributed by atoms with Gasteiger partial charge in [-0.3, -0.25) is 9.59 Å². The monoisotopic (exact) mass is 394 g/mol. The zero-order valence-electron chi connectivity index (χ0n) is 17.9. The molecule has 0 atom stereocenters. The number of hydrogen-bond donors (Lipinski definition) is 1. The van der Waals surface area contributed by atoms with Crippen molar-refractivity contribution in [2.24, 2.45) is 13.0 Å². The zero-order valence-corrected chi connectivity index (χ0v) is 17.9. The van der Waals surface area contributed by atoms with Gasteiger partial charge in [0.05, 0.1) is 13.2 Å². The lowest BCUT2D eigenvalue weighted by atomic mass is 10.2. The van der Waals surface area contributed by atoms with Gasteiger partial charge in [-0.25, -0.2) is 4.79 Å². The summed E-state index contributed by atoms with van der Waals surface area (Å²) in [7, 11) is 1.94. The molecule has 0 aromatic carbocycles. The van der Waals surface area contributed by atoms with Gasteiger partial charge < -0.3 is 24.4 Å². The van der Waals surface area contributed by atoms with Crippen molar-refractivity contribution in [2.75, 3.05) is 26.2 Å². The van der Waals surface area contributed by atoms with Gasteiger partial charge >= 0.3 is 12.0 Å². The van der Waals surface area contributed by atoms with Crippen molar-refractivity contribution >= 4 is 17.9 Å². The summed E-state index contributed by atoms with van der Waals surface area (Å²) in [4.78, 5) is 40.1. The maximum Gasteiger partial charge on any atom is 0.325 e. The highest BCUT2D eigenvalue weighted by atomic mass is 16.5. The van der Waals surface area contributed by atoms with Crippen LogP contribution in [-0.4, -0.2) is 64.6 Å². The van der Waals surface area contributed by atoms with Crippen molar-refractivity contribution in [2.45, 2.75) is 47.2 Å². The number of esters is 1. The normalized spacial score (nSPS) is 10.9. The number of urea groups is 1. The Balaban J connectivity index is 2.80. The molecule has 1 N–H and O–H groups in total. The fourth-order valence-electron chi connectivity index (χ4n) is 2.75. The lowest BCUT2D eigenvalue weighted by Gasteiger charge is -2.31. The first-order valence-electron chi connectivity index (χ1n) is 9.73. The van der Waals surface area contributed by atoms with Crippen LogP contribution < -0.4 is 5.32 Å². The summed E-state index contributed by atoms with van der Waals surface area (Å²) in [6.45, 7) is 10.5. The average Bonchev–Trinajstić information content (AvgIpc) is 3.01. The average molecular weight is 395 g/mol. The number of carbonyl (C=O) groups is 3. The highest BCUT2D eigenvalue weighted by molar-refractivity contribution is 5.86. The largest absolute Gasteiger partial charge is 0.465 e. The molecule has 0 aliphatic heterocycles. The van der Waals surface area contributed by atoms with Crippen molar-refractivity contribution in [3.05, 3.63) is 24.0 Å². The molecule has 1 rings (SSSR count). The first kappa shape index (κ1) is 23.5. The molecule has 1 aromatic rings. The van der Waals surface area contributed by atoms with Gasteiger partial charge in [-0.15, -0.1) is 0 Å². The van der Waals surface area contributed by atoms with Crippen LogP contribution in [-0.2, 0) is 27.9 Å². The molecule has 1 aromatic heterocycles. The first-order valence-corrected chi connectivity index (χ1v) is 9.73. The van der Waals surface area contributed by atoms with Gasteiger partial charge in [0, 0.05) is 31.5 Å². The molecule has 8 nitrogen and oxygen atoms in total. The van der Waals surface area contributed by atoms with Gasteiger partial charge in [0.25, 0.3) is 0 Å². The van der Waals surface area contributed by atoms with Crippen molar-refractivity contribution in [1.82, 2.24) is 19.7 Å². The number of hydrogen-bond acceptors (Lipinski definition) is 4. The second-order valence-electron chi connectivity index (χ2n) is 7.46. The smallest absolute Gasteiger partial charge is 0.325 e. The molecular formula is C20H34N4O4. The number of aromatic nitrogens is 1. The molecule has 0 radical (unpaired) electrons. The Bertz CT molecular complexity index is 654. The number of nitrogens with zero attached hydrogens (tertiary/aromatic N) is 3. The summed E-state index contributed by atoms with van der Waals surface area (Å²) in [5.74, 6) is -0.333. The van der Waals surface area contributed by atoms with Crippen molar-refractivity contribution in [3.8, 4) is 0 Å². The maximum absolute atomic E-state index is 13.0. The third-order valence-corrected chi connectivity index (χ3v) is 4.22. The number of ether oxygens (including phenoxy) is 1. The van der Waals surface area contributed by atoms with Crippen molar-refractivity contribution < 1.29 is 19.1 Å². The van der Waals surface area contributed by atoms with E-state index in [1.54, 1.807) is 11.8 Å². The van der Waals surface area contributed by atoms with Gasteiger partial charge in [0.1, 0.15) is 13.1 Å². The van der Waals surface area contributed by atoms with E-state index in [1.165, 1.54) is 4.90 Å². The topological polar surface area (TPSA) is 83.9 Å². The molecule has 3 amide bonds. The molecule has 0 unspecified atom stereocenters. The summed E-state index contributed by atoms with van der Waals surface area (Å²) < 4.78 is 6.79. The number of rotatable bonds is 10. The van der Waals surface area contributed by atoms with E-state index in [0.717, 1.165) is 5.69 Å². The molecule has 0 fully saturated rings. The highest BCUT2D eigenvalue weighted by Crippen LogP contribution is 2.10. The minimum atomic E-state index is -0.504. The van der Waals surface area contributed by atoms with Gasteiger partial charge in [-0.1, -0.05) is 13.8 Å². The van der Waals surface area contributed by atoms with Crippen LogP contribution in [0, 0.1) is 5.92 Å². The Kier molecular flexibility index (Phi) is 9.55. The molecule has 158 valence electrons. The summed E-state index contributed by atoms with van der Waals surface area (Å²) in [5, 5.41) is 2.53. The summed E-state index contributed by atoms with van der Waals surface area (Å²) in [6.07, 6.45) is 1.94. The maximum atomic E-state index is 13.0. The molecule has 8 heteroatoms. The van der Waals surface area contributed by atoms with Crippen molar-refractivity contribution in [3.63, 3.8) is 0 Å². The third kappa shape index (κ3) is 7.62. The standard InChI is InChI=1S/C20H34N4O4/c1-7-28-19(26)11-21-20(27)24(16(4)5)14-18(25)23(12-15(2)3)13-17-9-8-10-22(17)6/h8-10,15-16H,7,11-14H2,1-6H3,(H,21,27). The molecule has 0 aliphatic carbocycles. The molecular weight excluding hydrogens is 360 g/mol. The van der Waals surface area contributed by atoms with E-state index < -0.39 is 12.0 Å². The lowest BCUT2D eigenvalue weighted by molar-refractivity contribution is -0.141. The fraction of sp³-hybridized carbons (Fsp3) is 0.650. The summed E-state index contributed by atoms with van der Waals surface area (Å²) in [5.41, 5.74) is 1.02. The summed E-state index contributed by atoms with van der Waals surface area (Å²) >= 11 is 0. The number of nitrogens with one attached hydrogen (secondary N) is 1. The molecule has 0 spiro atoms. The van der Waals surface area contributed by atoms with Crippen LogP contribution in [0.2, 0.25) is 0 Å². The Morgan fingerprint density at radius 2 is 1.89 bits per heavy atom. The van der Waals surface area contributed by atoms with E-state index in [0.29, 0.717) is 19.0 Å². The molecule has 0 bridgehead atoms. The Morgan fingerprint density at radius 1 is 1.21 bits per heavy atom. The molecule has 1 heterocycles. The molecule has 0 aliphatic rings. The van der Waals surface area contributed by atoms with E-state index in [2.05, 4.69) is 19.2 Å². The predicted molar refractivity (Wildman–Crippen MR) is 108 cm³/mol. The SMILES string of the molecule is CCOC(=O)CNC(=O)N(CC(=O)N(Cc1cccn1C)CC(C)C)C(C)C. The second-order valence-corrected chi connectivity index (χ2v) is 7.46. The van der Waals surface area contributed by atoms with E-state index >= 15 is 0 Å². The molecule has 28 heavy (non-hydrogen) atoms. The fourth-order valence-corrected chi connectivity index (χ4v) is 2.75. The van der Waals surface area contributed by atoms with Gasteiger partial charge in [-0.05, 0) is 38.8 Å². The minimum Gasteiger partial charge on any atom is -0.465 e. The molecule has 0 saturated carbocycles. The number of aryl methyl sites for hydroxylation is 1. The Labute approximate surface area is 167 Å².